The second-order valence-corrected chi connectivity index (χ2v) is 4.56. The summed E-state index contributed by atoms with van der Waals surface area (Å²) in [6.45, 7) is 1.19. The maximum absolute atomic E-state index is 10.7. The van der Waals surface area contributed by atoms with Crippen molar-refractivity contribution < 1.29 is 14.4 Å². The summed E-state index contributed by atoms with van der Waals surface area (Å²) in [5, 5.41) is 13.6. The number of aromatic nitrogens is 2. The van der Waals surface area contributed by atoms with Gasteiger partial charge in [-0.15, -0.1) is 0 Å². The Morgan fingerprint density at radius 3 is 2.77 bits per heavy atom. The Balaban J connectivity index is 1.83. The Hall–Kier alpha value is -3.10. The largest absolute Gasteiger partial charge is 0.490 e. The van der Waals surface area contributed by atoms with E-state index in [1.54, 1.807) is 18.2 Å². The van der Waals surface area contributed by atoms with E-state index in [1.165, 1.54) is 0 Å². The highest BCUT2D eigenvalue weighted by atomic mass is 16.6. The summed E-state index contributed by atoms with van der Waals surface area (Å²) in [5.74, 6) is 1.26. The first-order chi connectivity index (χ1) is 10.6. The molecule has 0 radical (unpaired) electrons. The molecule has 0 saturated heterocycles. The summed E-state index contributed by atoms with van der Waals surface area (Å²) in [4.78, 5) is 17.8. The van der Waals surface area contributed by atoms with Crippen molar-refractivity contribution in [2.24, 2.45) is 0 Å². The van der Waals surface area contributed by atoms with Gasteiger partial charge in [0.1, 0.15) is 6.20 Å². The first-order valence-corrected chi connectivity index (χ1v) is 6.57. The van der Waals surface area contributed by atoms with Crippen molar-refractivity contribution in [1.82, 2.24) is 9.97 Å². The van der Waals surface area contributed by atoms with E-state index in [9.17, 15) is 10.1 Å². The van der Waals surface area contributed by atoms with E-state index in [1.807, 2.05) is 0 Å². The minimum absolute atomic E-state index is 0.164. The standard InChI is InChI=1S/C13H13N5O4/c14-12-9(18(19)20)7-15-13(17-12)16-8-2-3-10-11(6-8)22-5-1-4-21-10/h2-3,6-7H,1,4-5H2,(H3,14,15,16,17). The van der Waals surface area contributed by atoms with Crippen molar-refractivity contribution in [2.45, 2.75) is 6.42 Å². The number of rotatable bonds is 3. The summed E-state index contributed by atoms with van der Waals surface area (Å²) in [7, 11) is 0. The van der Waals surface area contributed by atoms with Gasteiger partial charge in [0, 0.05) is 18.2 Å². The van der Waals surface area contributed by atoms with Crippen LogP contribution in [0.2, 0.25) is 0 Å². The molecule has 0 fully saturated rings. The number of ether oxygens (including phenoxy) is 2. The molecular weight excluding hydrogens is 290 g/mol. The highest BCUT2D eigenvalue weighted by molar-refractivity contribution is 5.62. The van der Waals surface area contributed by atoms with Gasteiger partial charge in [0.15, 0.2) is 11.5 Å². The van der Waals surface area contributed by atoms with Gasteiger partial charge in [0.05, 0.1) is 18.1 Å². The van der Waals surface area contributed by atoms with E-state index in [4.69, 9.17) is 15.2 Å². The van der Waals surface area contributed by atoms with Crippen LogP contribution in [-0.2, 0) is 0 Å². The molecule has 1 aromatic carbocycles. The number of fused-ring (bicyclic) bond motifs is 1. The van der Waals surface area contributed by atoms with Gasteiger partial charge in [-0.25, -0.2) is 4.98 Å². The molecule has 0 aliphatic carbocycles. The first-order valence-electron chi connectivity index (χ1n) is 6.57. The predicted molar refractivity (Wildman–Crippen MR) is 78.4 cm³/mol. The molecule has 0 saturated carbocycles. The van der Waals surface area contributed by atoms with Gasteiger partial charge >= 0.3 is 5.69 Å². The van der Waals surface area contributed by atoms with Crippen molar-refractivity contribution in [3.05, 3.63) is 34.5 Å². The van der Waals surface area contributed by atoms with Crippen LogP contribution in [-0.4, -0.2) is 28.1 Å². The van der Waals surface area contributed by atoms with Crippen molar-refractivity contribution in [3.63, 3.8) is 0 Å². The molecule has 22 heavy (non-hydrogen) atoms. The number of nitrogens with one attached hydrogen (secondary N) is 1. The van der Waals surface area contributed by atoms with E-state index in [0.29, 0.717) is 30.4 Å². The topological polar surface area (TPSA) is 125 Å². The molecule has 0 spiro atoms. The molecular formula is C13H13N5O4. The van der Waals surface area contributed by atoms with Crippen molar-refractivity contribution in [2.75, 3.05) is 24.3 Å². The van der Waals surface area contributed by atoms with Gasteiger partial charge in [0.2, 0.25) is 11.8 Å². The Kier molecular flexibility index (Phi) is 3.60. The van der Waals surface area contributed by atoms with Gasteiger partial charge in [0.25, 0.3) is 0 Å². The molecule has 1 aromatic heterocycles. The van der Waals surface area contributed by atoms with Crippen LogP contribution in [0.5, 0.6) is 11.5 Å². The first kappa shape index (κ1) is 13.9. The average Bonchev–Trinajstić information content (AvgIpc) is 2.71. The molecule has 0 unspecified atom stereocenters. The number of nitro groups is 1. The summed E-state index contributed by atoms with van der Waals surface area (Å²) in [5.41, 5.74) is 5.86. The lowest BCUT2D eigenvalue weighted by molar-refractivity contribution is -0.384. The fraction of sp³-hybridized carbons (Fsp3) is 0.231. The number of nitrogens with zero attached hydrogens (tertiary/aromatic N) is 3. The number of nitrogen functional groups attached to an aromatic ring is 1. The molecule has 114 valence electrons. The lowest BCUT2D eigenvalue weighted by atomic mass is 10.3. The third kappa shape index (κ3) is 2.82. The number of anilines is 3. The predicted octanol–water partition coefficient (Wildman–Crippen LogP) is 1.87. The highest BCUT2D eigenvalue weighted by Gasteiger charge is 2.15. The van der Waals surface area contributed by atoms with Crippen LogP contribution in [0, 0.1) is 10.1 Å². The Labute approximate surface area is 125 Å². The normalized spacial score (nSPS) is 13.3. The van der Waals surface area contributed by atoms with Crippen molar-refractivity contribution in [1.29, 1.82) is 0 Å². The molecule has 0 amide bonds. The zero-order chi connectivity index (χ0) is 15.5. The van der Waals surface area contributed by atoms with E-state index in [-0.39, 0.29) is 17.5 Å². The Morgan fingerprint density at radius 1 is 1.27 bits per heavy atom. The van der Waals surface area contributed by atoms with Gasteiger partial charge in [-0.1, -0.05) is 0 Å². The van der Waals surface area contributed by atoms with Crippen LogP contribution in [0.15, 0.2) is 24.4 Å². The third-order valence-corrected chi connectivity index (χ3v) is 3.00. The fourth-order valence-electron chi connectivity index (χ4n) is 1.96. The van der Waals surface area contributed by atoms with Crippen LogP contribution in [0.4, 0.5) is 23.1 Å². The van der Waals surface area contributed by atoms with Crippen LogP contribution >= 0.6 is 0 Å². The maximum Gasteiger partial charge on any atom is 0.329 e. The second-order valence-electron chi connectivity index (χ2n) is 4.56. The highest BCUT2D eigenvalue weighted by Crippen LogP contribution is 2.33. The van der Waals surface area contributed by atoms with Crippen LogP contribution < -0.4 is 20.5 Å². The minimum Gasteiger partial charge on any atom is -0.490 e. The van der Waals surface area contributed by atoms with E-state index in [0.717, 1.165) is 12.6 Å². The van der Waals surface area contributed by atoms with E-state index < -0.39 is 4.92 Å². The van der Waals surface area contributed by atoms with Gasteiger partial charge in [-0.2, -0.15) is 4.98 Å². The number of nitrogens with two attached hydrogens (primary N) is 1. The monoisotopic (exact) mass is 303 g/mol. The summed E-state index contributed by atoms with van der Waals surface area (Å²) >= 11 is 0. The molecule has 0 atom stereocenters. The summed E-state index contributed by atoms with van der Waals surface area (Å²) < 4.78 is 11.1. The molecule has 1 aliphatic heterocycles. The number of benzene rings is 1. The van der Waals surface area contributed by atoms with Gasteiger partial charge < -0.3 is 20.5 Å². The molecule has 0 bridgehead atoms. The van der Waals surface area contributed by atoms with Crippen LogP contribution in [0.25, 0.3) is 0 Å². The summed E-state index contributed by atoms with van der Waals surface area (Å²) in [6.07, 6.45) is 1.88. The SMILES string of the molecule is Nc1nc(Nc2ccc3c(c2)OCCCO3)ncc1[N+](=O)[O-]. The van der Waals surface area contributed by atoms with E-state index in [2.05, 4.69) is 15.3 Å². The third-order valence-electron chi connectivity index (χ3n) is 3.00. The molecule has 9 nitrogen and oxygen atoms in total. The zero-order valence-electron chi connectivity index (χ0n) is 11.5. The molecule has 3 rings (SSSR count). The fourth-order valence-corrected chi connectivity index (χ4v) is 1.96. The van der Waals surface area contributed by atoms with Gasteiger partial charge in [-0.3, -0.25) is 10.1 Å². The van der Waals surface area contributed by atoms with Crippen LogP contribution in [0.3, 0.4) is 0 Å². The molecule has 9 heteroatoms. The van der Waals surface area contributed by atoms with Crippen molar-refractivity contribution in [3.8, 4) is 11.5 Å². The summed E-state index contributed by atoms with van der Waals surface area (Å²) in [6, 6.07) is 5.30. The maximum atomic E-state index is 10.7. The minimum atomic E-state index is -0.632. The smallest absolute Gasteiger partial charge is 0.329 e. The lowest BCUT2D eigenvalue weighted by Crippen LogP contribution is -2.04. The van der Waals surface area contributed by atoms with Crippen LogP contribution in [0.1, 0.15) is 6.42 Å². The number of hydrogen-bond acceptors (Lipinski definition) is 8. The quantitative estimate of drug-likeness (QED) is 0.650. The zero-order valence-corrected chi connectivity index (χ0v) is 11.5. The van der Waals surface area contributed by atoms with E-state index >= 15 is 0 Å². The molecule has 1 aliphatic rings. The molecule has 3 N–H and O–H groups in total. The average molecular weight is 303 g/mol. The molecule has 2 aromatic rings. The molecule has 2 heterocycles. The van der Waals surface area contributed by atoms with Crippen molar-refractivity contribution >= 4 is 23.1 Å². The second kappa shape index (κ2) is 5.72. The lowest BCUT2D eigenvalue weighted by Gasteiger charge is -2.10. The Bertz CT molecular complexity index is 722. The van der Waals surface area contributed by atoms with Gasteiger partial charge in [-0.05, 0) is 12.1 Å². The number of hydrogen-bond donors (Lipinski definition) is 2. The Morgan fingerprint density at radius 2 is 2.05 bits per heavy atom.